The van der Waals surface area contributed by atoms with E-state index in [9.17, 15) is 4.79 Å². The summed E-state index contributed by atoms with van der Waals surface area (Å²) >= 11 is 1.47. The first-order chi connectivity index (χ1) is 8.08. The number of carbonyl (C=O) groups is 1. The summed E-state index contributed by atoms with van der Waals surface area (Å²) < 4.78 is 1.65. The molecule has 0 aromatic carbocycles. The second kappa shape index (κ2) is 4.68. The Kier molecular flexibility index (Phi) is 3.26. The van der Waals surface area contributed by atoms with E-state index >= 15 is 0 Å². The van der Waals surface area contributed by atoms with E-state index in [1.165, 1.54) is 11.3 Å². The summed E-state index contributed by atoms with van der Waals surface area (Å²) in [5.74, 6) is -0.219. The predicted octanol–water partition coefficient (Wildman–Crippen LogP) is 1.43. The molecule has 2 heterocycles. The normalized spacial score (nSPS) is 12.4. The summed E-state index contributed by atoms with van der Waals surface area (Å²) in [6.45, 7) is 1.84. The number of thiophene rings is 1. The summed E-state index contributed by atoms with van der Waals surface area (Å²) in [4.78, 5) is 12.8. The van der Waals surface area contributed by atoms with Gasteiger partial charge < -0.3 is 11.1 Å². The standard InChI is InChI=1S/C11H14N4OS/c1-7-8(6-15(2)14-7)13-11(16)10(12)9-4-3-5-17-9/h3-6,10H,12H2,1-2H3,(H,13,16). The van der Waals surface area contributed by atoms with Gasteiger partial charge in [0.1, 0.15) is 6.04 Å². The van der Waals surface area contributed by atoms with Crippen LogP contribution in [0.1, 0.15) is 16.6 Å². The zero-order valence-electron chi connectivity index (χ0n) is 9.68. The summed E-state index contributed by atoms with van der Waals surface area (Å²) in [6.07, 6.45) is 1.76. The van der Waals surface area contributed by atoms with Gasteiger partial charge in [-0.1, -0.05) is 6.07 Å². The average molecular weight is 250 g/mol. The third-order valence-corrected chi connectivity index (χ3v) is 3.36. The molecule has 3 N–H and O–H groups in total. The number of nitrogens with one attached hydrogen (secondary N) is 1. The van der Waals surface area contributed by atoms with Crippen LogP contribution in [0.4, 0.5) is 5.69 Å². The van der Waals surface area contributed by atoms with Crippen molar-refractivity contribution >= 4 is 22.9 Å². The molecule has 0 bridgehead atoms. The largest absolute Gasteiger partial charge is 0.322 e. The number of hydrogen-bond acceptors (Lipinski definition) is 4. The van der Waals surface area contributed by atoms with Gasteiger partial charge in [-0.15, -0.1) is 11.3 Å². The van der Waals surface area contributed by atoms with Gasteiger partial charge in [0.15, 0.2) is 0 Å². The van der Waals surface area contributed by atoms with Crippen LogP contribution < -0.4 is 11.1 Å². The Bertz CT molecular complexity index is 518. The van der Waals surface area contributed by atoms with Crippen molar-refractivity contribution in [1.82, 2.24) is 9.78 Å². The van der Waals surface area contributed by atoms with Gasteiger partial charge in [0.05, 0.1) is 11.4 Å². The van der Waals surface area contributed by atoms with Crippen LogP contribution in [0, 0.1) is 6.92 Å². The van der Waals surface area contributed by atoms with E-state index in [-0.39, 0.29) is 5.91 Å². The molecule has 0 saturated carbocycles. The van der Waals surface area contributed by atoms with Crippen LogP contribution in [0.25, 0.3) is 0 Å². The average Bonchev–Trinajstić information content (AvgIpc) is 2.88. The van der Waals surface area contributed by atoms with Crippen molar-refractivity contribution in [3.8, 4) is 0 Å². The number of hydrogen-bond donors (Lipinski definition) is 2. The first kappa shape index (κ1) is 11.8. The lowest BCUT2D eigenvalue weighted by molar-refractivity contribution is -0.117. The highest BCUT2D eigenvalue weighted by molar-refractivity contribution is 7.10. The molecule has 2 aromatic heterocycles. The van der Waals surface area contributed by atoms with Gasteiger partial charge in [-0.05, 0) is 18.4 Å². The number of carbonyl (C=O) groups excluding carboxylic acids is 1. The van der Waals surface area contributed by atoms with Gasteiger partial charge in [-0.3, -0.25) is 9.48 Å². The Hall–Kier alpha value is -1.66. The molecular weight excluding hydrogens is 236 g/mol. The lowest BCUT2D eigenvalue weighted by Crippen LogP contribution is -2.27. The molecule has 0 saturated heterocycles. The number of nitrogens with two attached hydrogens (primary N) is 1. The molecule has 2 rings (SSSR count). The summed E-state index contributed by atoms with van der Waals surface area (Å²) in [6, 6.07) is 3.10. The van der Waals surface area contributed by atoms with Crippen molar-refractivity contribution < 1.29 is 4.79 Å². The number of nitrogens with zero attached hydrogens (tertiary/aromatic N) is 2. The van der Waals surface area contributed by atoms with E-state index in [1.54, 1.807) is 10.9 Å². The van der Waals surface area contributed by atoms with Crippen LogP contribution in [-0.4, -0.2) is 15.7 Å². The van der Waals surface area contributed by atoms with Gasteiger partial charge >= 0.3 is 0 Å². The fraction of sp³-hybridized carbons (Fsp3) is 0.273. The molecule has 0 radical (unpaired) electrons. The van der Waals surface area contributed by atoms with Gasteiger partial charge in [-0.25, -0.2) is 0 Å². The Balaban J connectivity index is 2.09. The van der Waals surface area contributed by atoms with Gasteiger partial charge in [0.25, 0.3) is 0 Å². The van der Waals surface area contributed by atoms with Crippen LogP contribution in [0.5, 0.6) is 0 Å². The van der Waals surface area contributed by atoms with E-state index in [2.05, 4.69) is 10.4 Å². The van der Waals surface area contributed by atoms with Crippen LogP contribution >= 0.6 is 11.3 Å². The minimum absolute atomic E-state index is 0.219. The van der Waals surface area contributed by atoms with E-state index in [4.69, 9.17) is 5.73 Å². The topological polar surface area (TPSA) is 72.9 Å². The smallest absolute Gasteiger partial charge is 0.246 e. The molecule has 1 unspecified atom stereocenters. The molecule has 0 aliphatic heterocycles. The minimum Gasteiger partial charge on any atom is -0.322 e. The molecule has 0 fully saturated rings. The first-order valence-electron chi connectivity index (χ1n) is 5.18. The first-order valence-corrected chi connectivity index (χ1v) is 6.06. The van der Waals surface area contributed by atoms with E-state index in [0.29, 0.717) is 5.69 Å². The van der Waals surface area contributed by atoms with Crippen molar-refractivity contribution in [2.75, 3.05) is 5.32 Å². The zero-order chi connectivity index (χ0) is 12.4. The minimum atomic E-state index is -0.630. The maximum absolute atomic E-state index is 11.9. The lowest BCUT2D eigenvalue weighted by atomic mass is 10.2. The molecule has 0 spiro atoms. The van der Waals surface area contributed by atoms with Crippen LogP contribution in [-0.2, 0) is 11.8 Å². The van der Waals surface area contributed by atoms with Crippen molar-refractivity contribution in [3.05, 3.63) is 34.3 Å². The fourth-order valence-corrected chi connectivity index (χ4v) is 2.26. The maximum Gasteiger partial charge on any atom is 0.246 e. The van der Waals surface area contributed by atoms with Gasteiger partial charge in [-0.2, -0.15) is 5.10 Å². The van der Waals surface area contributed by atoms with Crippen LogP contribution in [0.2, 0.25) is 0 Å². The van der Waals surface area contributed by atoms with E-state index in [1.807, 2.05) is 31.5 Å². The van der Waals surface area contributed by atoms with Crippen molar-refractivity contribution in [2.24, 2.45) is 12.8 Å². The second-order valence-corrected chi connectivity index (χ2v) is 4.76. The monoisotopic (exact) mass is 250 g/mol. The highest BCUT2D eigenvalue weighted by Gasteiger charge is 2.18. The molecule has 0 aliphatic rings. The molecule has 6 heteroatoms. The Labute approximate surface area is 103 Å². The van der Waals surface area contributed by atoms with Crippen LogP contribution in [0.3, 0.4) is 0 Å². The third-order valence-electron chi connectivity index (χ3n) is 2.40. The zero-order valence-corrected chi connectivity index (χ0v) is 10.5. The quantitative estimate of drug-likeness (QED) is 0.865. The predicted molar refractivity (Wildman–Crippen MR) is 67.8 cm³/mol. The molecular formula is C11H14N4OS. The van der Waals surface area contributed by atoms with Crippen LogP contribution in [0.15, 0.2) is 23.7 Å². The summed E-state index contributed by atoms with van der Waals surface area (Å²) in [7, 11) is 1.81. The number of amides is 1. The number of anilines is 1. The highest BCUT2D eigenvalue weighted by atomic mass is 32.1. The third kappa shape index (κ3) is 2.54. The maximum atomic E-state index is 11.9. The Morgan fingerprint density at radius 2 is 2.41 bits per heavy atom. The number of aryl methyl sites for hydroxylation is 2. The number of rotatable bonds is 3. The summed E-state index contributed by atoms with van der Waals surface area (Å²) in [5.41, 5.74) is 7.33. The molecule has 1 amide bonds. The van der Waals surface area contributed by atoms with E-state index in [0.717, 1.165) is 10.6 Å². The molecule has 1 atom stereocenters. The lowest BCUT2D eigenvalue weighted by Gasteiger charge is -2.09. The van der Waals surface area contributed by atoms with E-state index < -0.39 is 6.04 Å². The summed E-state index contributed by atoms with van der Waals surface area (Å²) in [5, 5.41) is 8.83. The Morgan fingerprint density at radius 1 is 1.65 bits per heavy atom. The van der Waals surface area contributed by atoms with Gasteiger partial charge in [0.2, 0.25) is 5.91 Å². The number of aromatic nitrogens is 2. The Morgan fingerprint density at radius 3 is 2.94 bits per heavy atom. The van der Waals surface area contributed by atoms with Crippen molar-refractivity contribution in [2.45, 2.75) is 13.0 Å². The molecule has 5 nitrogen and oxygen atoms in total. The molecule has 2 aromatic rings. The SMILES string of the molecule is Cc1nn(C)cc1NC(=O)C(N)c1cccs1. The fourth-order valence-electron chi connectivity index (χ4n) is 1.53. The molecule has 90 valence electrons. The van der Waals surface area contributed by atoms with Crippen molar-refractivity contribution in [1.29, 1.82) is 0 Å². The highest BCUT2D eigenvalue weighted by Crippen LogP contribution is 2.19. The molecule has 0 aliphatic carbocycles. The molecule has 17 heavy (non-hydrogen) atoms. The van der Waals surface area contributed by atoms with Gasteiger partial charge in [0, 0.05) is 18.1 Å². The van der Waals surface area contributed by atoms with Crippen molar-refractivity contribution in [3.63, 3.8) is 0 Å². The second-order valence-electron chi connectivity index (χ2n) is 3.78.